The summed E-state index contributed by atoms with van der Waals surface area (Å²) >= 11 is 0. The molecule has 3 atom stereocenters. The van der Waals surface area contributed by atoms with Gasteiger partial charge >= 0.3 is 0 Å². The van der Waals surface area contributed by atoms with Gasteiger partial charge in [-0.15, -0.1) is 0 Å². The molecule has 39 heavy (non-hydrogen) atoms. The molecule has 0 saturated carbocycles. The lowest BCUT2D eigenvalue weighted by Gasteiger charge is -2.41. The fraction of sp³-hybridized carbons (Fsp3) is 0.515. The number of likely N-dealkylation sites (N-methyl/N-ethyl adjacent to an activating group) is 2. The predicted octanol–water partition coefficient (Wildman–Crippen LogP) is 5.80. The van der Waals surface area contributed by atoms with Gasteiger partial charge in [-0.05, 0) is 113 Å². The number of aromatic hydroxyl groups is 1. The lowest BCUT2D eigenvalue weighted by Crippen LogP contribution is -2.44. The third kappa shape index (κ3) is 6.79. The molecule has 2 unspecified atom stereocenters. The Kier molecular flexibility index (Phi) is 9.29. The van der Waals surface area contributed by atoms with Crippen LogP contribution in [0.15, 0.2) is 66.1 Å². The van der Waals surface area contributed by atoms with Gasteiger partial charge in [0.15, 0.2) is 11.5 Å². The van der Waals surface area contributed by atoms with Crippen LogP contribution in [0.2, 0.25) is 0 Å². The maximum atomic E-state index is 9.95. The average molecular weight is 535 g/mol. The summed E-state index contributed by atoms with van der Waals surface area (Å²) < 4.78 is 17.6. The number of methoxy groups -OCH3 is 2. The van der Waals surface area contributed by atoms with E-state index in [0.717, 1.165) is 49.6 Å². The Labute approximate surface area is 234 Å². The molecule has 0 spiro atoms. The zero-order valence-electron chi connectivity index (χ0n) is 24.7. The molecule has 2 aromatic carbocycles. The second-order valence-electron chi connectivity index (χ2n) is 11.7. The maximum Gasteiger partial charge on any atom is 0.158 e. The molecule has 6 nitrogen and oxygen atoms in total. The highest BCUT2D eigenvalue weighted by Gasteiger charge is 2.37. The summed E-state index contributed by atoms with van der Waals surface area (Å²) in [6.45, 7) is 8.97. The monoisotopic (exact) mass is 534 g/mol. The number of fused-ring (bicyclic) bond motifs is 1. The molecule has 0 aromatic heterocycles. The molecule has 0 heterocycles. The Morgan fingerprint density at radius 1 is 0.949 bits per heavy atom. The van der Waals surface area contributed by atoms with Crippen molar-refractivity contribution in [1.82, 2.24) is 9.80 Å². The fourth-order valence-corrected chi connectivity index (χ4v) is 5.65. The fourth-order valence-electron chi connectivity index (χ4n) is 5.65. The number of nitrogens with zero attached hydrogens (tertiary/aromatic N) is 2. The second kappa shape index (κ2) is 12.5. The highest BCUT2D eigenvalue weighted by Crippen LogP contribution is 2.39. The number of benzene rings is 2. The molecule has 2 aliphatic rings. The Balaban J connectivity index is 1.53. The smallest absolute Gasteiger partial charge is 0.158 e. The third-order valence-electron chi connectivity index (χ3n) is 8.68. The molecule has 1 N–H and O–H groups in total. The number of hydrogen-bond donors (Lipinski definition) is 1. The summed E-state index contributed by atoms with van der Waals surface area (Å²) in [5, 5.41) is 9.95. The van der Waals surface area contributed by atoms with Crippen LogP contribution in [0.25, 0.3) is 0 Å². The van der Waals surface area contributed by atoms with Gasteiger partial charge in [-0.2, -0.15) is 0 Å². The van der Waals surface area contributed by atoms with E-state index in [0.29, 0.717) is 18.3 Å². The van der Waals surface area contributed by atoms with E-state index in [1.807, 2.05) is 12.1 Å². The van der Waals surface area contributed by atoms with Crippen molar-refractivity contribution in [3.05, 3.63) is 82.8 Å². The van der Waals surface area contributed by atoms with E-state index in [2.05, 4.69) is 87.2 Å². The quantitative estimate of drug-likeness (QED) is 0.393. The lowest BCUT2D eigenvalue weighted by atomic mass is 9.72. The Morgan fingerprint density at radius 2 is 1.64 bits per heavy atom. The van der Waals surface area contributed by atoms with Gasteiger partial charge in [0.1, 0.15) is 18.1 Å². The first-order valence-electron chi connectivity index (χ1n) is 14.1. The van der Waals surface area contributed by atoms with Crippen molar-refractivity contribution in [3.8, 4) is 11.5 Å². The van der Waals surface area contributed by atoms with E-state index in [4.69, 9.17) is 14.2 Å². The van der Waals surface area contributed by atoms with Gasteiger partial charge in [-0.1, -0.05) is 25.1 Å². The van der Waals surface area contributed by atoms with Gasteiger partial charge in [0.2, 0.25) is 0 Å². The molecule has 0 radical (unpaired) electrons. The molecule has 4 rings (SSSR count). The topological polar surface area (TPSA) is 54.4 Å². The van der Waals surface area contributed by atoms with Gasteiger partial charge < -0.3 is 24.2 Å². The van der Waals surface area contributed by atoms with Crippen LogP contribution in [0.5, 0.6) is 11.5 Å². The summed E-state index contributed by atoms with van der Waals surface area (Å²) in [5.74, 6) is 3.62. The van der Waals surface area contributed by atoms with Crippen molar-refractivity contribution in [1.29, 1.82) is 0 Å². The summed E-state index contributed by atoms with van der Waals surface area (Å²) in [7, 11) is 7.59. The van der Waals surface area contributed by atoms with Crippen LogP contribution in [-0.2, 0) is 28.9 Å². The van der Waals surface area contributed by atoms with Crippen LogP contribution in [-0.4, -0.2) is 68.0 Å². The highest BCUT2D eigenvalue weighted by atomic mass is 16.5. The van der Waals surface area contributed by atoms with Gasteiger partial charge in [0, 0.05) is 24.0 Å². The van der Waals surface area contributed by atoms with Gasteiger partial charge in [-0.3, -0.25) is 4.90 Å². The van der Waals surface area contributed by atoms with Crippen molar-refractivity contribution in [2.24, 2.45) is 11.8 Å². The van der Waals surface area contributed by atoms with E-state index in [9.17, 15) is 5.11 Å². The molecule has 0 fully saturated rings. The molecule has 2 aromatic rings. The van der Waals surface area contributed by atoms with E-state index in [1.165, 1.54) is 16.7 Å². The van der Waals surface area contributed by atoms with Gasteiger partial charge in [0.25, 0.3) is 0 Å². The minimum Gasteiger partial charge on any atom is -0.508 e. The van der Waals surface area contributed by atoms with Gasteiger partial charge in [0.05, 0.1) is 14.2 Å². The summed E-state index contributed by atoms with van der Waals surface area (Å²) in [4.78, 5) is 4.71. The van der Waals surface area contributed by atoms with Crippen LogP contribution >= 0.6 is 0 Å². The van der Waals surface area contributed by atoms with E-state index in [-0.39, 0.29) is 17.5 Å². The van der Waals surface area contributed by atoms with Crippen molar-refractivity contribution < 1.29 is 19.3 Å². The SMILES string of the molecule is CCN(Cc1ccc(OCC(C)(C)N(C)C)cc1)C1C=C(OC)C(OC)=CC1[C@@H]1CCc2cc(O)ccc2C1. The second-order valence-corrected chi connectivity index (χ2v) is 11.7. The van der Waals surface area contributed by atoms with Crippen molar-refractivity contribution >= 4 is 0 Å². The first-order valence-corrected chi connectivity index (χ1v) is 14.1. The largest absolute Gasteiger partial charge is 0.508 e. The van der Waals surface area contributed by atoms with Gasteiger partial charge in [-0.25, -0.2) is 0 Å². The number of aryl methyl sites for hydroxylation is 1. The Hall–Kier alpha value is -2.96. The number of rotatable bonds is 11. The number of phenolic OH excluding ortho intramolecular Hbond substituents is 1. The van der Waals surface area contributed by atoms with Crippen molar-refractivity contribution in [3.63, 3.8) is 0 Å². The predicted molar refractivity (Wildman–Crippen MR) is 157 cm³/mol. The van der Waals surface area contributed by atoms with Crippen molar-refractivity contribution in [2.75, 3.05) is 41.5 Å². The van der Waals surface area contributed by atoms with E-state index in [1.54, 1.807) is 14.2 Å². The molecule has 0 aliphatic heterocycles. The molecule has 6 heteroatoms. The first-order chi connectivity index (χ1) is 18.6. The molecule has 2 aliphatic carbocycles. The molecule has 0 bridgehead atoms. The van der Waals surface area contributed by atoms with Crippen LogP contribution in [0.1, 0.15) is 43.9 Å². The highest BCUT2D eigenvalue weighted by molar-refractivity contribution is 5.38. The first kappa shape index (κ1) is 29.0. The molecule has 0 saturated heterocycles. The molecule has 0 amide bonds. The summed E-state index contributed by atoms with van der Waals surface area (Å²) in [5.41, 5.74) is 3.83. The zero-order chi connectivity index (χ0) is 28.2. The summed E-state index contributed by atoms with van der Waals surface area (Å²) in [6, 6.07) is 14.5. The van der Waals surface area contributed by atoms with Crippen LogP contribution in [0, 0.1) is 11.8 Å². The van der Waals surface area contributed by atoms with Crippen LogP contribution in [0.3, 0.4) is 0 Å². The van der Waals surface area contributed by atoms with Crippen LogP contribution < -0.4 is 4.74 Å². The normalized spacial score (nSPS) is 21.3. The minimum atomic E-state index is -0.0341. The van der Waals surface area contributed by atoms with E-state index < -0.39 is 0 Å². The molecular weight excluding hydrogens is 488 g/mol. The number of phenols is 1. The average Bonchev–Trinajstić information content (AvgIpc) is 2.94. The Bertz CT molecular complexity index is 1170. The zero-order valence-corrected chi connectivity index (χ0v) is 24.7. The Morgan fingerprint density at radius 3 is 2.28 bits per heavy atom. The standard InChI is InChI=1S/C33H46N2O4/c1-8-35(21-23-9-15-28(16-10-23)39-22-33(2,3)34(4)5)30-20-32(38-7)31(37-6)19-29(30)26-12-11-25-18-27(36)14-13-24(25)17-26/h9-10,13-16,18-20,26,29-30,36H,8,11-12,17,21-22H2,1-7H3/t26-,29?,30?/m1/s1. The lowest BCUT2D eigenvalue weighted by molar-refractivity contribution is 0.114. The van der Waals surface area contributed by atoms with Crippen LogP contribution in [0.4, 0.5) is 0 Å². The summed E-state index contributed by atoms with van der Waals surface area (Å²) in [6.07, 6.45) is 7.58. The van der Waals surface area contributed by atoms with E-state index >= 15 is 0 Å². The molecule has 212 valence electrons. The number of ether oxygens (including phenoxy) is 3. The number of hydrogen-bond acceptors (Lipinski definition) is 6. The molecular formula is C33H46N2O4. The van der Waals surface area contributed by atoms with Crippen molar-refractivity contribution in [2.45, 2.75) is 58.2 Å². The minimum absolute atomic E-state index is 0.0341. The maximum absolute atomic E-state index is 9.95. The third-order valence-corrected chi connectivity index (χ3v) is 8.68.